The summed E-state index contributed by atoms with van der Waals surface area (Å²) in [6, 6.07) is 7.30. The van der Waals surface area contributed by atoms with Gasteiger partial charge >= 0.3 is 6.18 Å². The fourth-order valence-electron chi connectivity index (χ4n) is 3.44. The Balaban J connectivity index is 1.69. The van der Waals surface area contributed by atoms with Crippen LogP contribution in [0.1, 0.15) is 18.9 Å². The van der Waals surface area contributed by atoms with Crippen molar-refractivity contribution in [1.82, 2.24) is 19.7 Å². The van der Waals surface area contributed by atoms with E-state index in [4.69, 9.17) is 0 Å². The number of fused-ring (bicyclic) bond motifs is 1. The number of anilines is 1. The molecule has 160 valence electrons. The van der Waals surface area contributed by atoms with Gasteiger partial charge in [0, 0.05) is 18.3 Å². The first-order chi connectivity index (χ1) is 14.2. The quantitative estimate of drug-likeness (QED) is 0.562. The maximum Gasteiger partial charge on any atom is 0.421 e. The van der Waals surface area contributed by atoms with Gasteiger partial charge in [-0.25, -0.2) is 14.4 Å². The van der Waals surface area contributed by atoms with Crippen LogP contribution in [0.2, 0.25) is 0 Å². The summed E-state index contributed by atoms with van der Waals surface area (Å²) in [6.45, 7) is 1.80. The molecule has 10 heteroatoms. The summed E-state index contributed by atoms with van der Waals surface area (Å²) < 4.78 is 55.3. The topological polar surface area (TPSA) is 74.5 Å². The number of alkyl halides is 4. The maximum atomic E-state index is 14.1. The molecule has 4 rings (SSSR count). The number of hydrogen-bond donors (Lipinski definition) is 3. The fourth-order valence-corrected chi connectivity index (χ4v) is 3.44. The van der Waals surface area contributed by atoms with E-state index in [0.717, 1.165) is 0 Å². The minimum Gasteiger partial charge on any atom is -0.376 e. The second-order valence-corrected chi connectivity index (χ2v) is 7.53. The normalized spacial score (nSPS) is 22.1. The summed E-state index contributed by atoms with van der Waals surface area (Å²) in [7, 11) is 0. The Bertz CT molecular complexity index is 1050. The third-order valence-corrected chi connectivity index (χ3v) is 5.36. The molecule has 3 aromatic heterocycles. The van der Waals surface area contributed by atoms with Gasteiger partial charge in [-0.3, -0.25) is 4.40 Å². The molecule has 0 amide bonds. The molecule has 0 aromatic carbocycles. The van der Waals surface area contributed by atoms with Crippen molar-refractivity contribution >= 4 is 11.5 Å². The summed E-state index contributed by atoms with van der Waals surface area (Å²) in [6.07, 6.45) is -2.73. The molecule has 6 nitrogen and oxygen atoms in total. The van der Waals surface area contributed by atoms with Gasteiger partial charge < -0.3 is 15.7 Å². The number of nitrogens with zero attached hydrogens (tertiary/aromatic N) is 3. The zero-order chi connectivity index (χ0) is 21.5. The molecular formula is C20H21F4N5O. The van der Waals surface area contributed by atoms with Gasteiger partial charge in [-0.15, -0.1) is 0 Å². The summed E-state index contributed by atoms with van der Waals surface area (Å²) in [5.74, 6) is 0.456. The van der Waals surface area contributed by atoms with Crippen LogP contribution in [0.5, 0.6) is 0 Å². The van der Waals surface area contributed by atoms with E-state index >= 15 is 0 Å². The molecule has 0 aliphatic carbocycles. The van der Waals surface area contributed by atoms with Crippen LogP contribution in [-0.2, 0) is 5.60 Å². The smallest absolute Gasteiger partial charge is 0.376 e. The molecule has 1 saturated heterocycles. The highest BCUT2D eigenvalue weighted by atomic mass is 19.4. The summed E-state index contributed by atoms with van der Waals surface area (Å²) in [5.41, 5.74) is -2.01. The van der Waals surface area contributed by atoms with E-state index in [9.17, 15) is 22.7 Å². The number of nitrogens with one attached hydrogen (secondary N) is 2. The summed E-state index contributed by atoms with van der Waals surface area (Å²) >= 11 is 0. The number of aromatic nitrogens is 3. The molecule has 1 fully saturated rings. The highest BCUT2D eigenvalue weighted by Gasteiger charge is 2.51. The van der Waals surface area contributed by atoms with E-state index in [0.29, 0.717) is 49.3 Å². The highest BCUT2D eigenvalue weighted by molar-refractivity contribution is 5.62. The zero-order valence-corrected chi connectivity index (χ0v) is 16.1. The number of pyridine rings is 2. The van der Waals surface area contributed by atoms with Crippen LogP contribution >= 0.6 is 0 Å². The van der Waals surface area contributed by atoms with E-state index in [1.54, 1.807) is 18.2 Å². The number of piperidine rings is 1. The second-order valence-electron chi connectivity index (χ2n) is 7.53. The predicted molar refractivity (Wildman–Crippen MR) is 104 cm³/mol. The molecule has 0 spiro atoms. The average Bonchev–Trinajstić information content (AvgIpc) is 3.12. The molecular weight excluding hydrogens is 402 g/mol. The lowest BCUT2D eigenvalue weighted by molar-refractivity contribution is -0.259. The van der Waals surface area contributed by atoms with Gasteiger partial charge in [-0.2, -0.15) is 13.2 Å². The SMILES string of the molecule is C[C@](O)(c1ccc2ncc(-c3cccc(N[C@H]4CNCC[C@@H]4F)n3)n2c1)C(F)(F)F. The highest BCUT2D eigenvalue weighted by Crippen LogP contribution is 2.38. The largest absolute Gasteiger partial charge is 0.421 e. The molecule has 4 heterocycles. The summed E-state index contributed by atoms with van der Waals surface area (Å²) in [4.78, 5) is 8.69. The molecule has 0 radical (unpaired) electrons. The van der Waals surface area contributed by atoms with E-state index in [-0.39, 0.29) is 5.56 Å². The minimum atomic E-state index is -4.83. The van der Waals surface area contributed by atoms with Crippen LogP contribution < -0.4 is 10.6 Å². The van der Waals surface area contributed by atoms with Crippen LogP contribution in [0.3, 0.4) is 0 Å². The Hall–Kier alpha value is -2.72. The van der Waals surface area contributed by atoms with Crippen molar-refractivity contribution in [2.45, 2.75) is 37.3 Å². The minimum absolute atomic E-state index is 0.315. The fraction of sp³-hybridized carbons (Fsp3) is 0.400. The van der Waals surface area contributed by atoms with E-state index in [1.165, 1.54) is 28.9 Å². The molecule has 1 aliphatic rings. The Kier molecular flexibility index (Phi) is 5.15. The monoisotopic (exact) mass is 423 g/mol. The number of imidazole rings is 1. The van der Waals surface area contributed by atoms with Crippen LogP contribution in [0.25, 0.3) is 17.0 Å². The van der Waals surface area contributed by atoms with Gasteiger partial charge in [0.15, 0.2) is 5.60 Å². The number of aliphatic hydroxyl groups is 1. The van der Waals surface area contributed by atoms with Gasteiger partial charge in [-0.05, 0) is 38.1 Å². The molecule has 0 saturated carbocycles. The van der Waals surface area contributed by atoms with E-state index < -0.39 is 24.0 Å². The van der Waals surface area contributed by atoms with Crippen molar-refractivity contribution < 1.29 is 22.7 Å². The number of rotatable bonds is 4. The van der Waals surface area contributed by atoms with Crippen molar-refractivity contribution in [2.75, 3.05) is 18.4 Å². The van der Waals surface area contributed by atoms with E-state index in [1.807, 2.05) is 0 Å². The molecule has 0 bridgehead atoms. The molecule has 3 aromatic rings. The molecule has 1 aliphatic heterocycles. The van der Waals surface area contributed by atoms with Crippen molar-refractivity contribution in [3.8, 4) is 11.4 Å². The van der Waals surface area contributed by atoms with Crippen LogP contribution in [0.4, 0.5) is 23.4 Å². The van der Waals surface area contributed by atoms with Crippen LogP contribution in [-0.4, -0.2) is 51.0 Å². The first-order valence-electron chi connectivity index (χ1n) is 9.52. The number of hydrogen-bond acceptors (Lipinski definition) is 5. The van der Waals surface area contributed by atoms with Crippen molar-refractivity contribution in [3.63, 3.8) is 0 Å². The van der Waals surface area contributed by atoms with Crippen molar-refractivity contribution in [2.24, 2.45) is 0 Å². The van der Waals surface area contributed by atoms with Crippen LogP contribution in [0, 0.1) is 0 Å². The van der Waals surface area contributed by atoms with Gasteiger partial charge in [-0.1, -0.05) is 12.1 Å². The zero-order valence-electron chi connectivity index (χ0n) is 16.1. The third-order valence-electron chi connectivity index (χ3n) is 5.36. The third kappa shape index (κ3) is 3.72. The Morgan fingerprint density at radius 2 is 2.03 bits per heavy atom. The van der Waals surface area contributed by atoms with Crippen LogP contribution in [0.15, 0.2) is 42.7 Å². The lowest BCUT2D eigenvalue weighted by Crippen LogP contribution is -2.46. The number of halogens is 4. The van der Waals surface area contributed by atoms with Gasteiger partial charge in [0.2, 0.25) is 0 Å². The molecule has 0 unspecified atom stereocenters. The van der Waals surface area contributed by atoms with Gasteiger partial charge in [0.25, 0.3) is 0 Å². The first kappa shape index (κ1) is 20.5. The molecule has 30 heavy (non-hydrogen) atoms. The maximum absolute atomic E-state index is 14.1. The first-order valence-corrected chi connectivity index (χ1v) is 9.52. The second kappa shape index (κ2) is 7.51. The lowest BCUT2D eigenvalue weighted by Gasteiger charge is -2.28. The molecule has 3 N–H and O–H groups in total. The average molecular weight is 423 g/mol. The summed E-state index contributed by atoms with van der Waals surface area (Å²) in [5, 5.41) is 16.2. The van der Waals surface area contributed by atoms with Gasteiger partial charge in [0.1, 0.15) is 17.6 Å². The predicted octanol–water partition coefficient (Wildman–Crippen LogP) is 3.28. The molecule has 3 atom stereocenters. The Morgan fingerprint density at radius 3 is 2.77 bits per heavy atom. The lowest BCUT2D eigenvalue weighted by atomic mass is 9.97. The Labute approximate surface area is 170 Å². The van der Waals surface area contributed by atoms with Gasteiger partial charge in [0.05, 0.1) is 23.6 Å². The van der Waals surface area contributed by atoms with E-state index in [2.05, 4.69) is 20.6 Å². The standard InChI is InChI=1S/C20H21F4N5O/c1-19(30,20(22,23)24)12-5-6-18-26-10-16(29(18)11-12)14-3-2-4-17(27-14)28-15-9-25-8-7-13(15)21/h2-6,10-11,13,15,25,30H,7-9H2,1H3,(H,27,28)/t13-,15-,19-/m0/s1. The van der Waals surface area contributed by atoms with Crippen molar-refractivity contribution in [3.05, 3.63) is 48.3 Å². The van der Waals surface area contributed by atoms with Crippen molar-refractivity contribution in [1.29, 1.82) is 0 Å². The Morgan fingerprint density at radius 1 is 1.23 bits per heavy atom.